The lowest BCUT2D eigenvalue weighted by atomic mass is 10.1. The summed E-state index contributed by atoms with van der Waals surface area (Å²) in [6.45, 7) is 0.511. The van der Waals surface area contributed by atoms with Gasteiger partial charge in [0.1, 0.15) is 0 Å². The Labute approximate surface area is 112 Å². The van der Waals surface area contributed by atoms with E-state index in [1.807, 2.05) is 37.4 Å². The maximum absolute atomic E-state index is 11.7. The third-order valence-corrected chi connectivity index (χ3v) is 3.01. The lowest BCUT2D eigenvalue weighted by molar-refractivity contribution is -0.121. The van der Waals surface area contributed by atoms with Crippen molar-refractivity contribution in [3.8, 4) is 0 Å². The Bertz CT molecular complexity index is 545. The van der Waals surface area contributed by atoms with Gasteiger partial charge >= 0.3 is 0 Å². The van der Waals surface area contributed by atoms with Crippen molar-refractivity contribution in [2.24, 2.45) is 7.05 Å². The first kappa shape index (κ1) is 13.1. The van der Waals surface area contributed by atoms with E-state index in [1.165, 1.54) is 0 Å². The zero-order valence-corrected chi connectivity index (χ0v) is 11.0. The molecule has 0 bridgehead atoms. The summed E-state index contributed by atoms with van der Waals surface area (Å²) in [5.41, 5.74) is 8.45. The van der Waals surface area contributed by atoms with Crippen molar-refractivity contribution in [3.63, 3.8) is 0 Å². The molecule has 0 spiro atoms. The molecule has 1 aromatic heterocycles. The van der Waals surface area contributed by atoms with E-state index in [9.17, 15) is 4.79 Å². The molecule has 5 nitrogen and oxygen atoms in total. The van der Waals surface area contributed by atoms with Gasteiger partial charge in [0.25, 0.3) is 0 Å². The number of aromatic nitrogens is 2. The second-order valence-corrected chi connectivity index (χ2v) is 4.46. The summed E-state index contributed by atoms with van der Waals surface area (Å²) >= 11 is 0. The highest BCUT2D eigenvalue weighted by Gasteiger charge is 2.04. The summed E-state index contributed by atoms with van der Waals surface area (Å²) < 4.78 is 1.75. The van der Waals surface area contributed by atoms with E-state index in [0.717, 1.165) is 23.4 Å². The van der Waals surface area contributed by atoms with E-state index < -0.39 is 0 Å². The Morgan fingerprint density at radius 2 is 2.05 bits per heavy atom. The van der Waals surface area contributed by atoms with Crippen LogP contribution in [-0.4, -0.2) is 15.7 Å². The van der Waals surface area contributed by atoms with Gasteiger partial charge in [-0.1, -0.05) is 12.1 Å². The van der Waals surface area contributed by atoms with Gasteiger partial charge in [-0.2, -0.15) is 5.10 Å². The maximum atomic E-state index is 11.7. The molecule has 5 heteroatoms. The van der Waals surface area contributed by atoms with Crippen LogP contribution in [0.25, 0.3) is 0 Å². The Kier molecular flexibility index (Phi) is 4.18. The third kappa shape index (κ3) is 3.84. The fraction of sp³-hybridized carbons (Fsp3) is 0.286. The van der Waals surface area contributed by atoms with Crippen LogP contribution in [0.2, 0.25) is 0 Å². The molecule has 0 atom stereocenters. The summed E-state index contributed by atoms with van der Waals surface area (Å²) in [4.78, 5) is 11.7. The topological polar surface area (TPSA) is 72.9 Å². The molecule has 0 saturated heterocycles. The van der Waals surface area contributed by atoms with Gasteiger partial charge in [0.15, 0.2) is 0 Å². The van der Waals surface area contributed by atoms with Gasteiger partial charge < -0.3 is 11.1 Å². The number of aryl methyl sites for hydroxylation is 2. The Morgan fingerprint density at radius 1 is 1.32 bits per heavy atom. The van der Waals surface area contributed by atoms with Gasteiger partial charge in [0.05, 0.1) is 12.2 Å². The van der Waals surface area contributed by atoms with Crippen molar-refractivity contribution in [1.29, 1.82) is 0 Å². The minimum absolute atomic E-state index is 0.0398. The van der Waals surface area contributed by atoms with Crippen molar-refractivity contribution in [2.45, 2.75) is 19.4 Å². The average Bonchev–Trinajstić information content (AvgIpc) is 2.81. The minimum Gasteiger partial charge on any atom is -0.399 e. The molecule has 3 N–H and O–H groups in total. The van der Waals surface area contributed by atoms with Gasteiger partial charge in [-0.25, -0.2) is 0 Å². The van der Waals surface area contributed by atoms with Gasteiger partial charge in [0.2, 0.25) is 5.91 Å². The Morgan fingerprint density at radius 3 is 2.68 bits per heavy atom. The minimum atomic E-state index is 0.0398. The van der Waals surface area contributed by atoms with Crippen LogP contribution < -0.4 is 11.1 Å². The number of amides is 1. The fourth-order valence-corrected chi connectivity index (χ4v) is 1.79. The number of nitrogens with two attached hydrogens (primary N) is 1. The molecule has 1 aromatic carbocycles. The summed E-state index contributed by atoms with van der Waals surface area (Å²) in [5.74, 6) is 0.0398. The molecule has 0 unspecified atom stereocenters. The van der Waals surface area contributed by atoms with Gasteiger partial charge in [-0.15, -0.1) is 0 Å². The predicted molar refractivity (Wildman–Crippen MR) is 74.2 cm³/mol. The maximum Gasteiger partial charge on any atom is 0.220 e. The molecule has 2 aromatic rings. The summed E-state index contributed by atoms with van der Waals surface area (Å²) in [6.07, 6.45) is 2.91. The molecule has 1 amide bonds. The molecule has 0 aliphatic heterocycles. The molecule has 2 rings (SSSR count). The van der Waals surface area contributed by atoms with E-state index in [0.29, 0.717) is 13.0 Å². The van der Waals surface area contributed by atoms with Crippen LogP contribution in [0.3, 0.4) is 0 Å². The number of nitrogens with zero attached hydrogens (tertiary/aromatic N) is 2. The van der Waals surface area contributed by atoms with Gasteiger partial charge in [0, 0.05) is 25.4 Å². The van der Waals surface area contributed by atoms with E-state index in [1.54, 1.807) is 10.9 Å². The summed E-state index contributed by atoms with van der Waals surface area (Å²) in [5, 5.41) is 6.93. The largest absolute Gasteiger partial charge is 0.399 e. The molecular formula is C14H18N4O. The van der Waals surface area contributed by atoms with Crippen LogP contribution in [-0.2, 0) is 24.8 Å². The Hall–Kier alpha value is -2.30. The number of benzene rings is 1. The fourth-order valence-electron chi connectivity index (χ4n) is 1.79. The van der Waals surface area contributed by atoms with Crippen LogP contribution in [0.15, 0.2) is 36.5 Å². The third-order valence-electron chi connectivity index (χ3n) is 3.01. The van der Waals surface area contributed by atoms with Crippen LogP contribution in [0.5, 0.6) is 0 Å². The number of carbonyl (C=O) groups excluding carboxylic acids is 1. The lowest BCUT2D eigenvalue weighted by Gasteiger charge is -2.06. The zero-order chi connectivity index (χ0) is 13.7. The zero-order valence-electron chi connectivity index (χ0n) is 11.0. The average molecular weight is 258 g/mol. The highest BCUT2D eigenvalue weighted by Crippen LogP contribution is 2.07. The van der Waals surface area contributed by atoms with Crippen LogP contribution in [0, 0.1) is 0 Å². The highest BCUT2D eigenvalue weighted by atomic mass is 16.1. The summed E-state index contributed by atoms with van der Waals surface area (Å²) in [6, 6.07) is 9.49. The smallest absolute Gasteiger partial charge is 0.220 e. The van der Waals surface area contributed by atoms with Crippen LogP contribution in [0.4, 0.5) is 5.69 Å². The van der Waals surface area contributed by atoms with Crippen LogP contribution in [0.1, 0.15) is 17.7 Å². The number of hydrogen-bond acceptors (Lipinski definition) is 3. The molecule has 1 heterocycles. The monoisotopic (exact) mass is 258 g/mol. The molecule has 0 aliphatic carbocycles. The predicted octanol–water partition coefficient (Wildman–Crippen LogP) is 1.25. The van der Waals surface area contributed by atoms with Crippen molar-refractivity contribution in [3.05, 3.63) is 47.8 Å². The van der Waals surface area contributed by atoms with E-state index >= 15 is 0 Å². The van der Waals surface area contributed by atoms with Crippen molar-refractivity contribution in [1.82, 2.24) is 15.1 Å². The van der Waals surface area contributed by atoms with Crippen molar-refractivity contribution < 1.29 is 4.79 Å². The molecule has 19 heavy (non-hydrogen) atoms. The lowest BCUT2D eigenvalue weighted by Crippen LogP contribution is -2.24. The second-order valence-electron chi connectivity index (χ2n) is 4.46. The number of nitrogens with one attached hydrogen (secondary N) is 1. The summed E-state index contributed by atoms with van der Waals surface area (Å²) in [7, 11) is 1.86. The first-order valence-corrected chi connectivity index (χ1v) is 6.23. The number of rotatable bonds is 5. The molecule has 0 saturated carbocycles. The molecule has 0 aliphatic rings. The van der Waals surface area contributed by atoms with E-state index in [-0.39, 0.29) is 5.91 Å². The second kappa shape index (κ2) is 6.04. The number of hydrogen-bond donors (Lipinski definition) is 2. The number of anilines is 1. The molecule has 0 fully saturated rings. The van der Waals surface area contributed by atoms with Gasteiger partial charge in [-0.05, 0) is 30.2 Å². The highest BCUT2D eigenvalue weighted by molar-refractivity contribution is 5.76. The van der Waals surface area contributed by atoms with Crippen molar-refractivity contribution in [2.75, 3.05) is 5.73 Å². The normalized spacial score (nSPS) is 10.4. The standard InChI is InChI=1S/C14H18N4O/c1-18-13(8-9-17-18)10-16-14(19)7-4-11-2-5-12(15)6-3-11/h2-3,5-6,8-9H,4,7,10,15H2,1H3,(H,16,19). The molecule has 0 radical (unpaired) electrons. The first-order chi connectivity index (χ1) is 9.15. The van der Waals surface area contributed by atoms with E-state index in [2.05, 4.69) is 10.4 Å². The van der Waals surface area contributed by atoms with Gasteiger partial charge in [-0.3, -0.25) is 9.48 Å². The number of carbonyl (C=O) groups is 1. The SMILES string of the molecule is Cn1nccc1CNC(=O)CCc1ccc(N)cc1. The van der Waals surface area contributed by atoms with Crippen LogP contribution >= 0.6 is 0 Å². The molecule has 100 valence electrons. The quantitative estimate of drug-likeness (QED) is 0.793. The van der Waals surface area contributed by atoms with Crippen molar-refractivity contribution >= 4 is 11.6 Å². The van der Waals surface area contributed by atoms with E-state index in [4.69, 9.17) is 5.73 Å². The number of nitrogen functional groups attached to an aromatic ring is 1. The first-order valence-electron chi connectivity index (χ1n) is 6.23. The molecular weight excluding hydrogens is 240 g/mol. The Balaban J connectivity index is 1.76.